The molecule has 0 spiro atoms. The molecule has 2 aromatic carbocycles. The van der Waals surface area contributed by atoms with Crippen LogP contribution < -0.4 is 16.4 Å². The molecule has 3 aromatic rings. The van der Waals surface area contributed by atoms with Gasteiger partial charge in [-0.2, -0.15) is 0 Å². The third-order valence-corrected chi connectivity index (χ3v) is 5.76. The average Bonchev–Trinajstić information content (AvgIpc) is 2.98. The molecule has 33 heavy (non-hydrogen) atoms. The zero-order valence-electron chi connectivity index (χ0n) is 18.1. The minimum absolute atomic E-state index is 0. The van der Waals surface area contributed by atoms with Gasteiger partial charge in [-0.1, -0.05) is 18.2 Å². The molecule has 2 atom stereocenters. The first-order valence-corrected chi connectivity index (χ1v) is 10.6. The number of aromatic hydroxyl groups is 1. The summed E-state index contributed by atoms with van der Waals surface area (Å²) >= 11 is 0. The quantitative estimate of drug-likeness (QED) is 0.434. The van der Waals surface area contributed by atoms with Gasteiger partial charge in [0.1, 0.15) is 16.8 Å². The van der Waals surface area contributed by atoms with E-state index in [2.05, 4.69) is 15.6 Å². The number of aromatic nitrogens is 1. The number of amides is 1. The normalized spacial score (nSPS) is 18.3. The molecule has 1 aliphatic rings. The first kappa shape index (κ1) is 24.6. The number of nitrogens with one attached hydrogen (secondary N) is 2. The Balaban J connectivity index is 0.00000306. The van der Waals surface area contributed by atoms with E-state index in [4.69, 9.17) is 5.73 Å². The van der Waals surface area contributed by atoms with E-state index in [1.807, 2.05) is 0 Å². The molecule has 0 unspecified atom stereocenters. The van der Waals surface area contributed by atoms with E-state index in [1.165, 1.54) is 30.3 Å². The summed E-state index contributed by atoms with van der Waals surface area (Å²) < 4.78 is 15.1. The number of carbonyl (C=O) groups excluding carboxylic acids is 2. The Kier molecular flexibility index (Phi) is 7.63. The number of nitrogens with two attached hydrogens (primary N) is 1. The molecule has 1 aromatic heterocycles. The minimum Gasteiger partial charge on any atom is -0.507 e. The van der Waals surface area contributed by atoms with Crippen LogP contribution in [0.5, 0.6) is 5.75 Å². The van der Waals surface area contributed by atoms with Crippen LogP contribution in [0.4, 0.5) is 4.39 Å². The van der Waals surface area contributed by atoms with Gasteiger partial charge in [-0.05, 0) is 50.6 Å². The highest BCUT2D eigenvalue weighted by Crippen LogP contribution is 2.30. The van der Waals surface area contributed by atoms with Crippen LogP contribution in [0.15, 0.2) is 42.5 Å². The number of halogens is 2. The second-order valence-corrected chi connectivity index (χ2v) is 8.11. The summed E-state index contributed by atoms with van der Waals surface area (Å²) in [5.74, 6) is -2.30. The summed E-state index contributed by atoms with van der Waals surface area (Å²) in [5, 5.41) is 16.9. The second-order valence-electron chi connectivity index (χ2n) is 8.11. The van der Waals surface area contributed by atoms with Gasteiger partial charge in [-0.15, -0.1) is 12.4 Å². The summed E-state index contributed by atoms with van der Waals surface area (Å²) in [5.41, 5.74) is 6.82. The van der Waals surface area contributed by atoms with Gasteiger partial charge >= 0.3 is 0 Å². The number of pyridine rings is 1. The fraction of sp³-hybridized carbons (Fsp3) is 0.292. The minimum atomic E-state index is -0.869. The highest BCUT2D eigenvalue weighted by molar-refractivity contribution is 6.13. The molecule has 2 heterocycles. The van der Waals surface area contributed by atoms with Gasteiger partial charge in [0.25, 0.3) is 5.91 Å². The maximum atomic E-state index is 15.1. The van der Waals surface area contributed by atoms with Gasteiger partial charge in [0.2, 0.25) is 0 Å². The van der Waals surface area contributed by atoms with Crippen molar-refractivity contribution in [3.63, 3.8) is 0 Å². The number of hydrogen-bond donors (Lipinski definition) is 4. The van der Waals surface area contributed by atoms with E-state index in [1.54, 1.807) is 19.1 Å². The van der Waals surface area contributed by atoms with Crippen LogP contribution in [0.2, 0.25) is 0 Å². The van der Waals surface area contributed by atoms with Crippen LogP contribution in [-0.4, -0.2) is 47.0 Å². The fourth-order valence-corrected chi connectivity index (χ4v) is 3.95. The zero-order valence-corrected chi connectivity index (χ0v) is 18.9. The van der Waals surface area contributed by atoms with Crippen molar-refractivity contribution in [2.24, 2.45) is 5.73 Å². The Labute approximate surface area is 197 Å². The summed E-state index contributed by atoms with van der Waals surface area (Å²) in [6, 6.07) is 10.2. The number of phenolic OH excluding ortho intramolecular Hbond substituents is 1. The first-order valence-electron chi connectivity index (χ1n) is 10.6. The van der Waals surface area contributed by atoms with Crippen LogP contribution in [0, 0.1) is 12.7 Å². The van der Waals surface area contributed by atoms with E-state index in [-0.39, 0.29) is 41.5 Å². The second kappa shape index (κ2) is 10.2. The Bertz CT molecular complexity index is 1190. The Morgan fingerprint density at radius 1 is 1.18 bits per heavy atom. The molecule has 1 fully saturated rings. The van der Waals surface area contributed by atoms with Crippen molar-refractivity contribution in [1.29, 1.82) is 0 Å². The standard InChI is InChI=1S/C24H25FN4O3.ClH/c1-13-4-5-16-11-19(30)20(21(25)22(16)28-13)23(31)14-6-8-15(9-7-14)24(32)29-18-3-2-10-27-12-17(18)26;/h4-9,11,17-18,27,30H,2-3,10,12,26H2,1H3,(H,29,32);1H/t17-,18-;/m1./s1. The largest absolute Gasteiger partial charge is 0.507 e. The lowest BCUT2D eigenvalue weighted by molar-refractivity contribution is 0.0928. The molecule has 1 aliphatic heterocycles. The molecule has 0 radical (unpaired) electrons. The number of nitrogens with zero attached hydrogens (tertiary/aromatic N) is 1. The number of fused-ring (bicyclic) bond motifs is 1. The Hall–Kier alpha value is -3.07. The Morgan fingerprint density at radius 2 is 1.88 bits per heavy atom. The number of hydrogen-bond acceptors (Lipinski definition) is 6. The number of aryl methyl sites for hydroxylation is 1. The highest BCUT2D eigenvalue weighted by atomic mass is 35.5. The van der Waals surface area contributed by atoms with Crippen LogP contribution >= 0.6 is 12.4 Å². The van der Waals surface area contributed by atoms with E-state index in [0.717, 1.165) is 19.4 Å². The van der Waals surface area contributed by atoms with E-state index in [0.29, 0.717) is 23.2 Å². The van der Waals surface area contributed by atoms with Gasteiger partial charge < -0.3 is 21.5 Å². The summed E-state index contributed by atoms with van der Waals surface area (Å²) in [6.45, 7) is 3.22. The SMILES string of the molecule is Cc1ccc2cc(O)c(C(=O)c3ccc(C(=O)N[C@@H]4CCCNC[C@H]4N)cc3)c(F)c2n1.Cl. The Morgan fingerprint density at radius 3 is 2.61 bits per heavy atom. The molecular formula is C24H26ClFN4O3. The summed E-state index contributed by atoms with van der Waals surface area (Å²) in [4.78, 5) is 29.7. The molecule has 5 N–H and O–H groups in total. The van der Waals surface area contributed by atoms with Crippen molar-refractivity contribution in [3.05, 3.63) is 70.7 Å². The van der Waals surface area contributed by atoms with Crippen molar-refractivity contribution in [3.8, 4) is 5.75 Å². The monoisotopic (exact) mass is 472 g/mol. The molecule has 0 aliphatic carbocycles. The average molecular weight is 473 g/mol. The number of rotatable bonds is 4. The zero-order chi connectivity index (χ0) is 22.8. The molecule has 7 nitrogen and oxygen atoms in total. The van der Waals surface area contributed by atoms with Crippen LogP contribution in [0.3, 0.4) is 0 Å². The first-order chi connectivity index (χ1) is 15.3. The van der Waals surface area contributed by atoms with Crippen molar-refractivity contribution in [2.75, 3.05) is 13.1 Å². The number of ketones is 1. The molecule has 0 bridgehead atoms. The van der Waals surface area contributed by atoms with Crippen molar-refractivity contribution in [2.45, 2.75) is 31.8 Å². The van der Waals surface area contributed by atoms with Gasteiger partial charge in [-0.25, -0.2) is 4.39 Å². The van der Waals surface area contributed by atoms with E-state index in [9.17, 15) is 14.7 Å². The topological polar surface area (TPSA) is 117 Å². The lowest BCUT2D eigenvalue weighted by Crippen LogP contribution is -2.50. The maximum Gasteiger partial charge on any atom is 0.251 e. The molecule has 4 rings (SSSR count). The van der Waals surface area contributed by atoms with Crippen LogP contribution in [-0.2, 0) is 0 Å². The van der Waals surface area contributed by atoms with Gasteiger partial charge in [-0.3, -0.25) is 14.6 Å². The highest BCUT2D eigenvalue weighted by Gasteiger charge is 2.24. The molecule has 174 valence electrons. The third kappa shape index (κ3) is 5.13. The number of benzene rings is 2. The van der Waals surface area contributed by atoms with Gasteiger partial charge in [0.05, 0.1) is 0 Å². The maximum absolute atomic E-state index is 15.1. The number of phenols is 1. The third-order valence-electron chi connectivity index (χ3n) is 5.76. The number of carbonyl (C=O) groups is 2. The lowest BCUT2D eigenvalue weighted by Gasteiger charge is -2.22. The lowest BCUT2D eigenvalue weighted by atomic mass is 9.98. The van der Waals surface area contributed by atoms with E-state index < -0.39 is 22.9 Å². The predicted molar refractivity (Wildman–Crippen MR) is 127 cm³/mol. The fourth-order valence-electron chi connectivity index (χ4n) is 3.95. The van der Waals surface area contributed by atoms with Crippen molar-refractivity contribution < 1.29 is 19.1 Å². The molecule has 9 heteroatoms. The van der Waals surface area contributed by atoms with Crippen LogP contribution in [0.25, 0.3) is 10.9 Å². The molecular weight excluding hydrogens is 447 g/mol. The van der Waals surface area contributed by atoms with Gasteiger partial charge in [0, 0.05) is 40.8 Å². The summed E-state index contributed by atoms with van der Waals surface area (Å²) in [6.07, 6.45) is 1.70. The van der Waals surface area contributed by atoms with Crippen molar-refractivity contribution >= 4 is 35.0 Å². The van der Waals surface area contributed by atoms with E-state index >= 15 is 4.39 Å². The molecule has 0 saturated carbocycles. The van der Waals surface area contributed by atoms with Gasteiger partial charge in [0.15, 0.2) is 11.6 Å². The van der Waals surface area contributed by atoms with Crippen LogP contribution in [0.1, 0.15) is 44.8 Å². The smallest absolute Gasteiger partial charge is 0.251 e. The molecule has 1 amide bonds. The summed E-state index contributed by atoms with van der Waals surface area (Å²) in [7, 11) is 0. The molecule has 1 saturated heterocycles. The predicted octanol–water partition coefficient (Wildman–Crippen LogP) is 2.85. The van der Waals surface area contributed by atoms with Crippen molar-refractivity contribution in [1.82, 2.24) is 15.6 Å².